The summed E-state index contributed by atoms with van der Waals surface area (Å²) in [5, 5.41) is 0. The molecule has 10 heteroatoms. The van der Waals surface area contributed by atoms with Crippen molar-refractivity contribution in [2.24, 2.45) is 0 Å². The second-order valence-corrected chi connectivity index (χ2v) is 10.5. The molecule has 180 valence electrons. The summed E-state index contributed by atoms with van der Waals surface area (Å²) in [6.45, 7) is 7.58. The third-order valence-corrected chi connectivity index (χ3v) is 7.14. The quantitative estimate of drug-likeness (QED) is 0.134. The van der Waals surface area contributed by atoms with Gasteiger partial charge in [-0.25, -0.2) is 0 Å². The first kappa shape index (κ1) is 29.7. The summed E-state index contributed by atoms with van der Waals surface area (Å²) in [5.74, 6) is 4.30. The lowest BCUT2D eigenvalue weighted by Gasteiger charge is -2.27. The molecule has 0 aromatic carbocycles. The summed E-state index contributed by atoms with van der Waals surface area (Å²) in [7, 11) is -1.81. The zero-order chi connectivity index (χ0) is 22.4. The van der Waals surface area contributed by atoms with Crippen LogP contribution >= 0.6 is 23.5 Å². The average Bonchev–Trinajstić information content (AvgIpc) is 2.76. The first-order valence-corrected chi connectivity index (χ1v) is 14.9. The van der Waals surface area contributed by atoms with Crippen molar-refractivity contribution < 1.29 is 23.0 Å². The van der Waals surface area contributed by atoms with Gasteiger partial charge in [0.15, 0.2) is 0 Å². The van der Waals surface area contributed by atoms with E-state index in [2.05, 4.69) is 13.8 Å². The predicted molar refractivity (Wildman–Crippen MR) is 140 cm³/mol. The van der Waals surface area contributed by atoms with Gasteiger partial charge < -0.3 is 23.0 Å². The molecule has 0 unspecified atom stereocenters. The zero-order valence-electron chi connectivity index (χ0n) is 20.3. The third-order valence-electron chi connectivity index (χ3n) is 5.08. The van der Waals surface area contributed by atoms with Crippen LogP contribution in [-0.4, -0.2) is 58.0 Å². The summed E-state index contributed by atoms with van der Waals surface area (Å²) in [4.78, 5) is 0. The molecule has 0 radical (unpaired) electrons. The maximum absolute atomic E-state index is 5.71. The van der Waals surface area contributed by atoms with Crippen LogP contribution in [0.4, 0.5) is 0 Å². The number of hydrogen-bond acceptors (Lipinski definition) is 7. The SMILES string of the molecule is CCCCCCCCSCCOB1OB(C)OB(OCCSCCCCCCCC)O1. The Labute approximate surface area is 202 Å². The third kappa shape index (κ3) is 18.8. The van der Waals surface area contributed by atoms with Crippen molar-refractivity contribution in [1.82, 2.24) is 0 Å². The average molecular weight is 474 g/mol. The molecule has 0 bridgehead atoms. The molecule has 0 aliphatic carbocycles. The molecule has 1 heterocycles. The Morgan fingerprint density at radius 1 is 0.548 bits per heavy atom. The molecular weight excluding hydrogens is 429 g/mol. The highest BCUT2D eigenvalue weighted by Crippen LogP contribution is 2.14. The highest BCUT2D eigenvalue weighted by atomic mass is 32.2. The van der Waals surface area contributed by atoms with Crippen LogP contribution in [0.5, 0.6) is 0 Å². The minimum absolute atomic E-state index is 0.393. The fourth-order valence-corrected chi connectivity index (χ4v) is 4.89. The molecular formula is C21H45B3O5S2. The van der Waals surface area contributed by atoms with Crippen molar-refractivity contribution in [2.45, 2.75) is 97.7 Å². The molecule has 1 fully saturated rings. The van der Waals surface area contributed by atoms with Gasteiger partial charge in [0.25, 0.3) is 0 Å². The van der Waals surface area contributed by atoms with E-state index in [0.29, 0.717) is 13.2 Å². The molecule has 0 aromatic rings. The second kappa shape index (κ2) is 22.5. The topological polar surface area (TPSA) is 46.2 Å². The Morgan fingerprint density at radius 2 is 0.968 bits per heavy atom. The van der Waals surface area contributed by atoms with Crippen LogP contribution in [0.3, 0.4) is 0 Å². The molecule has 0 atom stereocenters. The summed E-state index contributed by atoms with van der Waals surface area (Å²) in [5.41, 5.74) is 0. The lowest BCUT2D eigenvalue weighted by molar-refractivity contribution is 0.114. The summed E-state index contributed by atoms with van der Waals surface area (Å²) in [6, 6.07) is 0. The van der Waals surface area contributed by atoms with Crippen LogP contribution in [0.1, 0.15) is 90.9 Å². The Hall–Kier alpha value is 0.695. The highest BCUT2D eigenvalue weighted by molar-refractivity contribution is 7.99. The molecule has 1 aliphatic heterocycles. The minimum Gasteiger partial charge on any atom is -0.427 e. The maximum atomic E-state index is 5.71. The van der Waals surface area contributed by atoms with E-state index < -0.39 is 21.8 Å². The summed E-state index contributed by atoms with van der Waals surface area (Å²) >= 11 is 3.87. The molecule has 0 saturated carbocycles. The summed E-state index contributed by atoms with van der Waals surface area (Å²) < 4.78 is 28.1. The monoisotopic (exact) mass is 474 g/mol. The fraction of sp³-hybridized carbons (Fsp3) is 1.00. The fourth-order valence-electron chi connectivity index (χ4n) is 3.24. The van der Waals surface area contributed by atoms with Crippen LogP contribution in [-0.2, 0) is 23.0 Å². The van der Waals surface area contributed by atoms with Crippen molar-refractivity contribution in [1.29, 1.82) is 0 Å². The lowest BCUT2D eigenvalue weighted by atomic mass is 9.85. The Morgan fingerprint density at radius 3 is 1.42 bits per heavy atom. The number of hydrogen-bond donors (Lipinski definition) is 0. The highest BCUT2D eigenvalue weighted by Gasteiger charge is 2.42. The Kier molecular flexibility index (Phi) is 21.6. The standard InChI is InChI=1S/C21H45B3O5S2/c1-4-6-8-10-12-14-18-30-20-16-25-23-27-22(3)28-24(29-23)26-17-21-31-19-15-13-11-9-7-5-2/h4-21H2,1-3H3. The van der Waals surface area contributed by atoms with E-state index in [0.717, 1.165) is 11.5 Å². The van der Waals surface area contributed by atoms with Crippen LogP contribution in [0.2, 0.25) is 6.82 Å². The zero-order valence-corrected chi connectivity index (χ0v) is 22.0. The van der Waals surface area contributed by atoms with Gasteiger partial charge in [0, 0.05) is 24.7 Å². The van der Waals surface area contributed by atoms with Gasteiger partial charge in [0.1, 0.15) is 0 Å². The normalized spacial score (nSPS) is 14.6. The van der Waals surface area contributed by atoms with Crippen LogP contribution in [0.15, 0.2) is 0 Å². The van der Waals surface area contributed by atoms with Gasteiger partial charge in [-0.2, -0.15) is 23.5 Å². The van der Waals surface area contributed by atoms with E-state index in [1.54, 1.807) is 0 Å². The van der Waals surface area contributed by atoms with E-state index in [-0.39, 0.29) is 0 Å². The molecule has 5 nitrogen and oxygen atoms in total. The Balaban J connectivity index is 1.94. The van der Waals surface area contributed by atoms with E-state index in [9.17, 15) is 0 Å². The number of unbranched alkanes of at least 4 members (excludes halogenated alkanes) is 10. The minimum atomic E-state index is -0.709. The van der Waals surface area contributed by atoms with Crippen LogP contribution in [0, 0.1) is 0 Å². The van der Waals surface area contributed by atoms with Gasteiger partial charge >= 0.3 is 21.8 Å². The molecule has 1 rings (SSSR count). The largest absolute Gasteiger partial charge is 0.613 e. The van der Waals surface area contributed by atoms with Gasteiger partial charge in [-0.15, -0.1) is 0 Å². The molecule has 0 aromatic heterocycles. The number of thioether (sulfide) groups is 2. The van der Waals surface area contributed by atoms with Gasteiger partial charge in [-0.05, 0) is 31.2 Å². The maximum Gasteiger partial charge on any atom is 0.613 e. The van der Waals surface area contributed by atoms with E-state index >= 15 is 0 Å². The van der Waals surface area contributed by atoms with E-state index in [1.807, 2.05) is 30.3 Å². The van der Waals surface area contributed by atoms with Gasteiger partial charge in [-0.1, -0.05) is 78.1 Å². The van der Waals surface area contributed by atoms with Crippen molar-refractivity contribution in [3.63, 3.8) is 0 Å². The van der Waals surface area contributed by atoms with Crippen molar-refractivity contribution in [3.8, 4) is 0 Å². The molecule has 1 saturated heterocycles. The second-order valence-electron chi connectivity index (χ2n) is 8.06. The van der Waals surface area contributed by atoms with E-state index in [4.69, 9.17) is 23.0 Å². The van der Waals surface area contributed by atoms with Crippen molar-refractivity contribution in [2.75, 3.05) is 36.2 Å². The van der Waals surface area contributed by atoms with Gasteiger partial charge in [-0.3, -0.25) is 0 Å². The number of rotatable bonds is 22. The van der Waals surface area contributed by atoms with Crippen molar-refractivity contribution >= 4 is 45.3 Å². The Bertz CT molecular complexity index is 357. The molecule has 31 heavy (non-hydrogen) atoms. The molecule has 0 N–H and O–H groups in total. The first-order valence-electron chi connectivity index (χ1n) is 12.6. The smallest absolute Gasteiger partial charge is 0.427 e. The first-order chi connectivity index (χ1) is 15.3. The van der Waals surface area contributed by atoms with Gasteiger partial charge in [0.05, 0.1) is 0 Å². The van der Waals surface area contributed by atoms with E-state index in [1.165, 1.54) is 88.6 Å². The molecule has 0 amide bonds. The molecule has 0 spiro atoms. The summed E-state index contributed by atoms with van der Waals surface area (Å²) in [6.07, 6.45) is 16.1. The predicted octanol–water partition coefficient (Wildman–Crippen LogP) is 6.36. The van der Waals surface area contributed by atoms with Crippen LogP contribution in [0.25, 0.3) is 0 Å². The lowest BCUT2D eigenvalue weighted by Crippen LogP contribution is -2.50. The molecule has 1 aliphatic rings. The van der Waals surface area contributed by atoms with Gasteiger partial charge in [0.2, 0.25) is 0 Å². The van der Waals surface area contributed by atoms with Crippen LogP contribution < -0.4 is 0 Å². The van der Waals surface area contributed by atoms with Crippen molar-refractivity contribution in [3.05, 3.63) is 0 Å².